The Labute approximate surface area is 232 Å². The van der Waals surface area contributed by atoms with Gasteiger partial charge in [0.25, 0.3) is 0 Å². The van der Waals surface area contributed by atoms with E-state index in [1.807, 2.05) is 0 Å². The molecule has 0 unspecified atom stereocenters. The highest BCUT2D eigenvalue weighted by atomic mass is 15.0. The Morgan fingerprint density at radius 3 is 1.75 bits per heavy atom. The van der Waals surface area contributed by atoms with Crippen molar-refractivity contribution in [2.45, 2.75) is 19.3 Å². The number of hydrogen-bond acceptors (Lipinski definition) is 0. The van der Waals surface area contributed by atoms with Crippen LogP contribution in [-0.2, 0) is 5.41 Å². The van der Waals surface area contributed by atoms with Crippen LogP contribution >= 0.6 is 0 Å². The summed E-state index contributed by atoms with van der Waals surface area (Å²) in [5.41, 5.74) is 9.28. The lowest BCUT2D eigenvalue weighted by Gasteiger charge is -2.21. The van der Waals surface area contributed by atoms with Gasteiger partial charge >= 0.3 is 0 Å². The molecule has 1 aromatic heterocycles. The van der Waals surface area contributed by atoms with Crippen molar-refractivity contribution in [3.63, 3.8) is 0 Å². The second kappa shape index (κ2) is 7.61. The molecular weight excluding hydrogens is 482 g/mol. The molecule has 1 nitrogen and oxygen atoms in total. The topological polar surface area (TPSA) is 4.93 Å². The summed E-state index contributed by atoms with van der Waals surface area (Å²) in [6.45, 7) is 4.73. The molecule has 7 aromatic carbocycles. The van der Waals surface area contributed by atoms with Gasteiger partial charge in [0.2, 0.25) is 0 Å². The van der Waals surface area contributed by atoms with Gasteiger partial charge in [-0.15, -0.1) is 0 Å². The fraction of sp³-hybridized carbons (Fsp3) is 0.0769. The standard InChI is InChI=1S/C39H27N/c1-39(2)33-17-9-7-15-30(33)37-34(39)21-22-36-38(37)31-16-8-10-18-35(31)40(36)24-19-20-29-27-13-4-3-11-25(27)26-12-5-6-14-28(26)32(29)23-24/h3-23H,1-2H3. The van der Waals surface area contributed by atoms with Gasteiger partial charge in [0.1, 0.15) is 0 Å². The quantitative estimate of drug-likeness (QED) is 0.194. The van der Waals surface area contributed by atoms with Crippen LogP contribution in [-0.4, -0.2) is 4.57 Å². The van der Waals surface area contributed by atoms with Crippen LogP contribution in [0.3, 0.4) is 0 Å². The minimum Gasteiger partial charge on any atom is -0.309 e. The Morgan fingerprint density at radius 2 is 1.02 bits per heavy atom. The third kappa shape index (κ3) is 2.67. The fourth-order valence-electron chi connectivity index (χ4n) is 7.57. The molecule has 1 aliphatic carbocycles. The number of rotatable bonds is 1. The number of aromatic nitrogens is 1. The van der Waals surface area contributed by atoms with E-state index < -0.39 is 0 Å². The van der Waals surface area contributed by atoms with E-state index in [4.69, 9.17) is 0 Å². The molecule has 0 bridgehead atoms. The average molecular weight is 510 g/mol. The number of nitrogens with zero attached hydrogens (tertiary/aromatic N) is 1. The van der Waals surface area contributed by atoms with E-state index in [2.05, 4.69) is 146 Å². The highest BCUT2D eigenvalue weighted by Crippen LogP contribution is 2.53. The monoisotopic (exact) mass is 509 g/mol. The first-order chi connectivity index (χ1) is 19.6. The van der Waals surface area contributed by atoms with E-state index in [0.717, 1.165) is 0 Å². The van der Waals surface area contributed by atoms with Crippen molar-refractivity contribution in [1.82, 2.24) is 4.57 Å². The minimum atomic E-state index is -0.0216. The van der Waals surface area contributed by atoms with Crippen molar-refractivity contribution in [1.29, 1.82) is 0 Å². The first kappa shape index (κ1) is 22.0. The molecule has 40 heavy (non-hydrogen) atoms. The first-order valence-corrected chi connectivity index (χ1v) is 14.1. The molecule has 9 rings (SSSR count). The summed E-state index contributed by atoms with van der Waals surface area (Å²) in [6, 6.07) is 47.3. The Kier molecular flexibility index (Phi) is 4.18. The SMILES string of the molecule is CC1(C)c2ccccc2-c2c1ccc1c2c2ccccc2n1-c1ccc2c3ccccc3c3ccccc3c2c1. The van der Waals surface area contributed by atoms with E-state index in [0.29, 0.717) is 0 Å². The summed E-state index contributed by atoms with van der Waals surface area (Å²) in [5, 5.41) is 10.5. The maximum atomic E-state index is 2.47. The first-order valence-electron chi connectivity index (χ1n) is 14.1. The van der Waals surface area contributed by atoms with Crippen molar-refractivity contribution in [2.24, 2.45) is 0 Å². The summed E-state index contributed by atoms with van der Waals surface area (Å²) >= 11 is 0. The van der Waals surface area contributed by atoms with Gasteiger partial charge in [0, 0.05) is 21.9 Å². The molecule has 0 saturated carbocycles. The number of benzene rings is 7. The molecule has 0 N–H and O–H groups in total. The lowest BCUT2D eigenvalue weighted by molar-refractivity contribution is 0.661. The van der Waals surface area contributed by atoms with Crippen molar-refractivity contribution >= 4 is 54.1 Å². The maximum Gasteiger partial charge on any atom is 0.0547 e. The van der Waals surface area contributed by atoms with Gasteiger partial charge in [0.15, 0.2) is 0 Å². The molecule has 188 valence electrons. The van der Waals surface area contributed by atoms with Crippen molar-refractivity contribution < 1.29 is 0 Å². The third-order valence-corrected chi connectivity index (χ3v) is 9.37. The molecule has 0 aliphatic heterocycles. The Balaban J connectivity index is 1.43. The van der Waals surface area contributed by atoms with Gasteiger partial charge in [-0.05, 0) is 78.8 Å². The zero-order chi connectivity index (χ0) is 26.6. The largest absolute Gasteiger partial charge is 0.309 e. The van der Waals surface area contributed by atoms with Gasteiger partial charge in [0.05, 0.1) is 11.0 Å². The Hall–Kier alpha value is -4.88. The summed E-state index contributed by atoms with van der Waals surface area (Å²) < 4.78 is 2.47. The van der Waals surface area contributed by atoms with Crippen LogP contribution in [0, 0.1) is 0 Å². The van der Waals surface area contributed by atoms with Gasteiger partial charge < -0.3 is 4.57 Å². The van der Waals surface area contributed by atoms with E-state index in [1.54, 1.807) is 0 Å². The summed E-state index contributed by atoms with van der Waals surface area (Å²) in [5.74, 6) is 0. The number of para-hydroxylation sites is 1. The number of fused-ring (bicyclic) bond motifs is 13. The molecule has 1 heterocycles. The molecule has 0 radical (unpaired) electrons. The van der Waals surface area contributed by atoms with Crippen molar-refractivity contribution in [2.75, 3.05) is 0 Å². The van der Waals surface area contributed by atoms with Crippen LogP contribution < -0.4 is 0 Å². The van der Waals surface area contributed by atoms with E-state index in [1.165, 1.54) is 82.1 Å². The molecular formula is C39H27N. The molecule has 0 saturated heterocycles. The zero-order valence-corrected chi connectivity index (χ0v) is 22.6. The molecule has 0 fully saturated rings. The van der Waals surface area contributed by atoms with Crippen LogP contribution in [0.2, 0.25) is 0 Å². The maximum absolute atomic E-state index is 2.47. The van der Waals surface area contributed by atoms with Crippen LogP contribution in [0.25, 0.3) is 70.9 Å². The predicted molar refractivity (Wildman–Crippen MR) is 171 cm³/mol. The molecule has 1 aliphatic rings. The molecule has 1 heteroatoms. The zero-order valence-electron chi connectivity index (χ0n) is 22.6. The van der Waals surface area contributed by atoms with Gasteiger partial charge in [-0.2, -0.15) is 0 Å². The molecule has 0 atom stereocenters. The summed E-state index contributed by atoms with van der Waals surface area (Å²) in [7, 11) is 0. The second-order valence-corrected chi connectivity index (χ2v) is 11.7. The number of hydrogen-bond donors (Lipinski definition) is 0. The normalized spacial score (nSPS) is 13.9. The second-order valence-electron chi connectivity index (χ2n) is 11.7. The van der Waals surface area contributed by atoms with E-state index in [-0.39, 0.29) is 5.41 Å². The highest BCUT2D eigenvalue weighted by molar-refractivity contribution is 6.26. The van der Waals surface area contributed by atoms with Gasteiger partial charge in [-0.3, -0.25) is 0 Å². The lowest BCUT2D eigenvalue weighted by atomic mass is 9.82. The lowest BCUT2D eigenvalue weighted by Crippen LogP contribution is -2.14. The van der Waals surface area contributed by atoms with Crippen molar-refractivity contribution in [3.05, 3.63) is 139 Å². The smallest absolute Gasteiger partial charge is 0.0547 e. The van der Waals surface area contributed by atoms with Crippen LogP contribution in [0.4, 0.5) is 0 Å². The van der Waals surface area contributed by atoms with Crippen molar-refractivity contribution in [3.8, 4) is 16.8 Å². The van der Waals surface area contributed by atoms with Crippen LogP contribution in [0.1, 0.15) is 25.0 Å². The minimum absolute atomic E-state index is 0.0216. The summed E-state index contributed by atoms with van der Waals surface area (Å²) in [6.07, 6.45) is 0. The summed E-state index contributed by atoms with van der Waals surface area (Å²) in [4.78, 5) is 0. The predicted octanol–water partition coefficient (Wildman–Crippen LogP) is 10.5. The van der Waals surface area contributed by atoms with Crippen LogP contribution in [0.15, 0.2) is 127 Å². The fourth-order valence-corrected chi connectivity index (χ4v) is 7.57. The van der Waals surface area contributed by atoms with Gasteiger partial charge in [-0.1, -0.05) is 117 Å². The molecule has 0 spiro atoms. The Morgan fingerprint density at radius 1 is 0.450 bits per heavy atom. The van der Waals surface area contributed by atoms with Gasteiger partial charge in [-0.25, -0.2) is 0 Å². The van der Waals surface area contributed by atoms with E-state index >= 15 is 0 Å². The third-order valence-electron chi connectivity index (χ3n) is 9.37. The molecule has 0 amide bonds. The molecule has 8 aromatic rings. The highest BCUT2D eigenvalue weighted by Gasteiger charge is 2.37. The van der Waals surface area contributed by atoms with E-state index in [9.17, 15) is 0 Å². The van der Waals surface area contributed by atoms with Crippen LogP contribution in [0.5, 0.6) is 0 Å². The Bertz CT molecular complexity index is 2310. The average Bonchev–Trinajstić information content (AvgIpc) is 3.46.